The molecule has 2 nitrogen and oxygen atoms in total. The lowest BCUT2D eigenvalue weighted by Gasteiger charge is -2.31. The monoisotopic (exact) mass is 296 g/mol. The van der Waals surface area contributed by atoms with Gasteiger partial charge in [0.15, 0.2) is 0 Å². The van der Waals surface area contributed by atoms with Gasteiger partial charge in [-0.05, 0) is 44.0 Å². The highest BCUT2D eigenvalue weighted by molar-refractivity contribution is 9.10. The van der Waals surface area contributed by atoms with Gasteiger partial charge in [0.25, 0.3) is 0 Å². The highest BCUT2D eigenvalue weighted by Gasteiger charge is 2.14. The van der Waals surface area contributed by atoms with Gasteiger partial charge in [-0.15, -0.1) is 0 Å². The lowest BCUT2D eigenvalue weighted by molar-refractivity contribution is 0.205. The van der Waals surface area contributed by atoms with E-state index in [0.717, 1.165) is 11.0 Å². The van der Waals surface area contributed by atoms with Crippen molar-refractivity contribution in [3.63, 3.8) is 0 Å². The quantitative estimate of drug-likeness (QED) is 0.919. The zero-order valence-electron chi connectivity index (χ0n) is 10.5. The SMILES string of the molecule is C[C@@H]1CN(CCCc2ccc(Br)cc2)CCN1. The number of rotatable bonds is 4. The van der Waals surface area contributed by atoms with Gasteiger partial charge in [0.1, 0.15) is 0 Å². The lowest BCUT2D eigenvalue weighted by Crippen LogP contribution is -2.49. The molecule has 0 unspecified atom stereocenters. The number of nitrogens with one attached hydrogen (secondary N) is 1. The Kier molecular flexibility index (Phi) is 5.01. The molecule has 1 heterocycles. The van der Waals surface area contributed by atoms with Crippen LogP contribution in [0, 0.1) is 0 Å². The van der Waals surface area contributed by atoms with E-state index in [4.69, 9.17) is 0 Å². The molecular formula is C14H21BrN2. The van der Waals surface area contributed by atoms with Crippen LogP contribution >= 0.6 is 15.9 Å². The van der Waals surface area contributed by atoms with E-state index in [2.05, 4.69) is 57.3 Å². The Labute approximate surface area is 113 Å². The predicted octanol–water partition coefficient (Wildman–Crippen LogP) is 2.68. The summed E-state index contributed by atoms with van der Waals surface area (Å²) in [5.74, 6) is 0. The predicted molar refractivity (Wildman–Crippen MR) is 76.4 cm³/mol. The molecule has 0 aromatic heterocycles. The van der Waals surface area contributed by atoms with E-state index in [1.807, 2.05) is 0 Å². The van der Waals surface area contributed by atoms with Gasteiger partial charge in [0, 0.05) is 30.1 Å². The standard InChI is InChI=1S/C14H21BrN2/c1-12-11-17(10-8-16-12)9-2-3-13-4-6-14(15)7-5-13/h4-7,12,16H,2-3,8-11H2,1H3/t12-/m1/s1. The van der Waals surface area contributed by atoms with E-state index in [0.29, 0.717) is 6.04 Å². The smallest absolute Gasteiger partial charge is 0.0175 e. The van der Waals surface area contributed by atoms with Crippen molar-refractivity contribution in [2.45, 2.75) is 25.8 Å². The molecule has 1 saturated heterocycles. The Morgan fingerprint density at radius 2 is 2.12 bits per heavy atom. The first kappa shape index (κ1) is 13.1. The molecule has 1 aliphatic heterocycles. The second kappa shape index (κ2) is 6.53. The molecule has 1 aromatic carbocycles. The summed E-state index contributed by atoms with van der Waals surface area (Å²) >= 11 is 3.47. The number of hydrogen-bond donors (Lipinski definition) is 1. The van der Waals surface area contributed by atoms with Crippen LogP contribution in [-0.4, -0.2) is 37.1 Å². The third kappa shape index (κ3) is 4.41. The van der Waals surface area contributed by atoms with E-state index in [1.54, 1.807) is 0 Å². The Morgan fingerprint density at radius 3 is 2.82 bits per heavy atom. The van der Waals surface area contributed by atoms with Crippen molar-refractivity contribution < 1.29 is 0 Å². The topological polar surface area (TPSA) is 15.3 Å². The van der Waals surface area contributed by atoms with Crippen molar-refractivity contribution in [2.24, 2.45) is 0 Å². The Morgan fingerprint density at radius 1 is 1.35 bits per heavy atom. The first-order valence-corrected chi connectivity index (χ1v) is 7.23. The Hall–Kier alpha value is -0.380. The number of piperazine rings is 1. The van der Waals surface area contributed by atoms with E-state index in [9.17, 15) is 0 Å². The molecule has 1 aliphatic rings. The molecule has 1 fully saturated rings. The van der Waals surface area contributed by atoms with Crippen LogP contribution in [0.1, 0.15) is 18.9 Å². The lowest BCUT2D eigenvalue weighted by atomic mass is 10.1. The maximum absolute atomic E-state index is 3.48. The molecule has 0 radical (unpaired) electrons. The zero-order chi connectivity index (χ0) is 12.1. The fourth-order valence-electron chi connectivity index (χ4n) is 2.37. The van der Waals surface area contributed by atoms with Gasteiger partial charge in [0.2, 0.25) is 0 Å². The molecule has 0 saturated carbocycles. The molecule has 0 bridgehead atoms. The molecule has 3 heteroatoms. The number of hydrogen-bond acceptors (Lipinski definition) is 2. The highest BCUT2D eigenvalue weighted by Crippen LogP contribution is 2.12. The van der Waals surface area contributed by atoms with Crippen molar-refractivity contribution in [1.29, 1.82) is 0 Å². The molecule has 0 amide bonds. The van der Waals surface area contributed by atoms with Gasteiger partial charge in [-0.2, -0.15) is 0 Å². The van der Waals surface area contributed by atoms with E-state index < -0.39 is 0 Å². The van der Waals surface area contributed by atoms with Gasteiger partial charge < -0.3 is 10.2 Å². The maximum Gasteiger partial charge on any atom is 0.0175 e. The first-order valence-electron chi connectivity index (χ1n) is 6.44. The molecule has 17 heavy (non-hydrogen) atoms. The molecule has 1 aromatic rings. The second-order valence-electron chi connectivity index (χ2n) is 4.89. The van der Waals surface area contributed by atoms with E-state index >= 15 is 0 Å². The third-order valence-corrected chi connectivity index (χ3v) is 3.83. The van der Waals surface area contributed by atoms with Crippen molar-refractivity contribution >= 4 is 15.9 Å². The first-order chi connectivity index (χ1) is 8.24. The largest absolute Gasteiger partial charge is 0.312 e. The van der Waals surface area contributed by atoms with Crippen molar-refractivity contribution in [1.82, 2.24) is 10.2 Å². The minimum atomic E-state index is 0.649. The van der Waals surface area contributed by atoms with Crippen molar-refractivity contribution in [3.05, 3.63) is 34.3 Å². The summed E-state index contributed by atoms with van der Waals surface area (Å²) in [6.07, 6.45) is 2.44. The van der Waals surface area contributed by atoms with Crippen LogP contribution in [0.15, 0.2) is 28.7 Å². The second-order valence-corrected chi connectivity index (χ2v) is 5.80. The molecule has 0 aliphatic carbocycles. The van der Waals surface area contributed by atoms with Gasteiger partial charge in [0.05, 0.1) is 0 Å². The summed E-state index contributed by atoms with van der Waals surface area (Å²) in [6.45, 7) is 7.02. The third-order valence-electron chi connectivity index (χ3n) is 3.31. The summed E-state index contributed by atoms with van der Waals surface area (Å²) < 4.78 is 1.16. The minimum Gasteiger partial charge on any atom is -0.312 e. The maximum atomic E-state index is 3.48. The van der Waals surface area contributed by atoms with Crippen LogP contribution < -0.4 is 5.32 Å². The van der Waals surface area contributed by atoms with E-state index in [-0.39, 0.29) is 0 Å². The van der Waals surface area contributed by atoms with Gasteiger partial charge in [-0.3, -0.25) is 0 Å². The Balaban J connectivity index is 1.70. The minimum absolute atomic E-state index is 0.649. The fraction of sp³-hybridized carbons (Fsp3) is 0.571. The van der Waals surface area contributed by atoms with Crippen molar-refractivity contribution in [2.75, 3.05) is 26.2 Å². The average Bonchev–Trinajstić information content (AvgIpc) is 2.32. The van der Waals surface area contributed by atoms with Crippen LogP contribution in [0.2, 0.25) is 0 Å². The molecule has 1 atom stereocenters. The van der Waals surface area contributed by atoms with Gasteiger partial charge in [-0.25, -0.2) is 0 Å². The molecule has 1 N–H and O–H groups in total. The fourth-order valence-corrected chi connectivity index (χ4v) is 2.64. The zero-order valence-corrected chi connectivity index (χ0v) is 12.0. The summed E-state index contributed by atoms with van der Waals surface area (Å²) in [6, 6.07) is 9.33. The van der Waals surface area contributed by atoms with Crippen molar-refractivity contribution in [3.8, 4) is 0 Å². The van der Waals surface area contributed by atoms with Crippen LogP contribution in [0.3, 0.4) is 0 Å². The molecule has 0 spiro atoms. The normalized spacial score (nSPS) is 21.6. The number of aryl methyl sites for hydroxylation is 1. The summed E-state index contributed by atoms with van der Waals surface area (Å²) in [5.41, 5.74) is 1.44. The summed E-state index contributed by atoms with van der Waals surface area (Å²) in [5, 5.41) is 3.48. The van der Waals surface area contributed by atoms with Crippen LogP contribution in [0.25, 0.3) is 0 Å². The summed E-state index contributed by atoms with van der Waals surface area (Å²) in [7, 11) is 0. The molecular weight excluding hydrogens is 276 g/mol. The number of benzene rings is 1. The number of nitrogens with zero attached hydrogens (tertiary/aromatic N) is 1. The highest BCUT2D eigenvalue weighted by atomic mass is 79.9. The van der Waals surface area contributed by atoms with Gasteiger partial charge >= 0.3 is 0 Å². The average molecular weight is 297 g/mol. The Bertz CT molecular complexity index is 337. The molecule has 2 rings (SSSR count). The summed E-state index contributed by atoms with van der Waals surface area (Å²) in [4.78, 5) is 2.57. The van der Waals surface area contributed by atoms with Crippen LogP contribution in [-0.2, 0) is 6.42 Å². The van der Waals surface area contributed by atoms with Gasteiger partial charge in [-0.1, -0.05) is 28.1 Å². The molecule has 94 valence electrons. The van der Waals surface area contributed by atoms with E-state index in [1.165, 1.54) is 38.0 Å². The van der Waals surface area contributed by atoms with Crippen LogP contribution in [0.5, 0.6) is 0 Å². The number of halogens is 1. The van der Waals surface area contributed by atoms with Crippen LogP contribution in [0.4, 0.5) is 0 Å².